The third-order valence-corrected chi connectivity index (χ3v) is 4.43. The van der Waals surface area contributed by atoms with Gasteiger partial charge in [0.2, 0.25) is 0 Å². The van der Waals surface area contributed by atoms with Crippen molar-refractivity contribution in [1.82, 2.24) is 14.5 Å². The third kappa shape index (κ3) is 2.25. The third-order valence-electron chi connectivity index (χ3n) is 4.43. The summed E-state index contributed by atoms with van der Waals surface area (Å²) < 4.78 is 2.48. The van der Waals surface area contributed by atoms with Crippen LogP contribution in [-0.4, -0.2) is 34.1 Å². The van der Waals surface area contributed by atoms with E-state index in [4.69, 9.17) is 0 Å². The molecular formula is C14H23N3. The Hall–Kier alpha value is -0.830. The number of nitrogens with zero attached hydrogens (tertiary/aromatic N) is 3. The molecule has 0 bridgehead atoms. The van der Waals surface area contributed by atoms with E-state index < -0.39 is 0 Å². The maximum absolute atomic E-state index is 4.66. The van der Waals surface area contributed by atoms with Gasteiger partial charge in [0, 0.05) is 30.9 Å². The van der Waals surface area contributed by atoms with Crippen LogP contribution in [0.15, 0.2) is 6.20 Å². The van der Waals surface area contributed by atoms with Crippen molar-refractivity contribution in [1.29, 1.82) is 0 Å². The Kier molecular flexibility index (Phi) is 3.19. The molecule has 3 heterocycles. The van der Waals surface area contributed by atoms with Crippen LogP contribution in [0.25, 0.3) is 0 Å². The number of fused-ring (bicyclic) bond motifs is 1. The van der Waals surface area contributed by atoms with Gasteiger partial charge in [0.1, 0.15) is 5.82 Å². The molecule has 0 aromatic carbocycles. The molecule has 0 saturated carbocycles. The minimum atomic E-state index is 0.720. The lowest BCUT2D eigenvalue weighted by Crippen LogP contribution is -2.38. The zero-order valence-electron chi connectivity index (χ0n) is 10.9. The molecule has 0 radical (unpaired) electrons. The molecule has 0 spiro atoms. The van der Waals surface area contributed by atoms with E-state index in [0.29, 0.717) is 0 Å². The average Bonchev–Trinajstić information content (AvgIpc) is 2.76. The molecule has 1 unspecified atom stereocenters. The Balaban J connectivity index is 1.73. The van der Waals surface area contributed by atoms with Crippen molar-refractivity contribution in [2.24, 2.45) is 0 Å². The quantitative estimate of drug-likeness (QED) is 0.781. The van der Waals surface area contributed by atoms with Gasteiger partial charge in [-0.3, -0.25) is 0 Å². The standard InChI is InChI=1S/C14H23N3/c1-16-8-4-2-6-12(16)10-14-15-11-13-7-3-5-9-17(13)14/h11-12H,2-10H2,1H3. The second-order valence-electron chi connectivity index (χ2n) is 5.61. The first-order chi connectivity index (χ1) is 8.34. The van der Waals surface area contributed by atoms with Gasteiger partial charge in [0.15, 0.2) is 0 Å². The molecular weight excluding hydrogens is 210 g/mol. The molecule has 0 amide bonds. The van der Waals surface area contributed by atoms with Gasteiger partial charge in [0.25, 0.3) is 0 Å². The lowest BCUT2D eigenvalue weighted by atomic mass is 9.99. The summed E-state index contributed by atoms with van der Waals surface area (Å²) in [6, 6.07) is 0.720. The predicted octanol–water partition coefficient (Wildman–Crippen LogP) is 2.25. The Bertz CT molecular complexity index is 383. The number of hydrogen-bond donors (Lipinski definition) is 0. The summed E-state index contributed by atoms with van der Waals surface area (Å²) in [5.41, 5.74) is 1.46. The van der Waals surface area contributed by atoms with Crippen molar-refractivity contribution in [3.63, 3.8) is 0 Å². The number of hydrogen-bond acceptors (Lipinski definition) is 2. The maximum atomic E-state index is 4.66. The fourth-order valence-electron chi connectivity index (χ4n) is 3.28. The number of imidazole rings is 1. The Morgan fingerprint density at radius 3 is 3.00 bits per heavy atom. The maximum Gasteiger partial charge on any atom is 0.110 e. The highest BCUT2D eigenvalue weighted by Gasteiger charge is 2.22. The topological polar surface area (TPSA) is 21.1 Å². The second-order valence-corrected chi connectivity index (χ2v) is 5.61. The predicted molar refractivity (Wildman–Crippen MR) is 69.1 cm³/mol. The van der Waals surface area contributed by atoms with E-state index >= 15 is 0 Å². The highest BCUT2D eigenvalue weighted by Crippen LogP contribution is 2.22. The van der Waals surface area contributed by atoms with E-state index in [-0.39, 0.29) is 0 Å². The Morgan fingerprint density at radius 2 is 2.12 bits per heavy atom. The average molecular weight is 233 g/mol. The van der Waals surface area contributed by atoms with Crippen LogP contribution in [0.3, 0.4) is 0 Å². The molecule has 1 fully saturated rings. The van der Waals surface area contributed by atoms with Crippen LogP contribution in [0.4, 0.5) is 0 Å². The molecule has 2 aliphatic rings. The number of rotatable bonds is 2. The second kappa shape index (κ2) is 4.81. The van der Waals surface area contributed by atoms with Gasteiger partial charge in [-0.05, 0) is 45.7 Å². The van der Waals surface area contributed by atoms with Crippen LogP contribution >= 0.6 is 0 Å². The summed E-state index contributed by atoms with van der Waals surface area (Å²) in [6.07, 6.45) is 11.3. The van der Waals surface area contributed by atoms with Crippen LogP contribution in [0.5, 0.6) is 0 Å². The molecule has 0 N–H and O–H groups in total. The van der Waals surface area contributed by atoms with Gasteiger partial charge in [0.05, 0.1) is 0 Å². The molecule has 1 saturated heterocycles. The van der Waals surface area contributed by atoms with Crippen LogP contribution in [0.2, 0.25) is 0 Å². The van der Waals surface area contributed by atoms with Gasteiger partial charge in [-0.25, -0.2) is 4.98 Å². The van der Waals surface area contributed by atoms with Crippen LogP contribution in [0.1, 0.15) is 43.6 Å². The van der Waals surface area contributed by atoms with Gasteiger partial charge in [-0.2, -0.15) is 0 Å². The lowest BCUT2D eigenvalue weighted by Gasteiger charge is -2.32. The molecule has 94 valence electrons. The van der Waals surface area contributed by atoms with Gasteiger partial charge in [-0.1, -0.05) is 6.42 Å². The summed E-state index contributed by atoms with van der Waals surface area (Å²) >= 11 is 0. The summed E-state index contributed by atoms with van der Waals surface area (Å²) in [7, 11) is 2.27. The van der Waals surface area contributed by atoms with E-state index in [1.165, 1.54) is 63.1 Å². The molecule has 3 nitrogen and oxygen atoms in total. The van der Waals surface area contributed by atoms with Gasteiger partial charge >= 0.3 is 0 Å². The van der Waals surface area contributed by atoms with Crippen LogP contribution in [0, 0.1) is 0 Å². The molecule has 1 aromatic heterocycles. The van der Waals surface area contributed by atoms with E-state index in [1.807, 2.05) is 0 Å². The SMILES string of the molecule is CN1CCCCC1Cc1ncc2n1CCCC2. The molecule has 17 heavy (non-hydrogen) atoms. The van der Waals surface area contributed by atoms with Gasteiger partial charge < -0.3 is 9.47 Å². The number of likely N-dealkylation sites (tertiary alicyclic amines) is 1. The lowest BCUT2D eigenvalue weighted by molar-refractivity contribution is 0.181. The minimum absolute atomic E-state index is 0.720. The van der Waals surface area contributed by atoms with E-state index in [0.717, 1.165) is 12.5 Å². The smallest absolute Gasteiger partial charge is 0.110 e. The number of piperidine rings is 1. The van der Waals surface area contributed by atoms with Crippen molar-refractivity contribution in [3.8, 4) is 0 Å². The van der Waals surface area contributed by atoms with Crippen LogP contribution in [-0.2, 0) is 19.4 Å². The minimum Gasteiger partial charge on any atom is -0.332 e. The first kappa shape index (κ1) is 11.3. The van der Waals surface area contributed by atoms with Crippen molar-refractivity contribution in [2.45, 2.75) is 57.5 Å². The molecule has 3 heteroatoms. The van der Waals surface area contributed by atoms with Crippen molar-refractivity contribution in [2.75, 3.05) is 13.6 Å². The Morgan fingerprint density at radius 1 is 1.24 bits per heavy atom. The largest absolute Gasteiger partial charge is 0.332 e. The number of aromatic nitrogens is 2. The van der Waals surface area contributed by atoms with Crippen molar-refractivity contribution in [3.05, 3.63) is 17.7 Å². The zero-order chi connectivity index (χ0) is 11.7. The summed E-state index contributed by atoms with van der Waals surface area (Å²) in [5.74, 6) is 1.33. The first-order valence-electron chi connectivity index (χ1n) is 7.08. The Labute approximate surface area is 104 Å². The van der Waals surface area contributed by atoms with E-state index in [1.54, 1.807) is 0 Å². The summed E-state index contributed by atoms with van der Waals surface area (Å²) in [5, 5.41) is 0. The highest BCUT2D eigenvalue weighted by molar-refractivity contribution is 5.09. The zero-order valence-corrected chi connectivity index (χ0v) is 10.9. The molecule has 0 aliphatic carbocycles. The monoisotopic (exact) mass is 233 g/mol. The summed E-state index contributed by atoms with van der Waals surface area (Å²) in [4.78, 5) is 7.18. The van der Waals surface area contributed by atoms with E-state index in [9.17, 15) is 0 Å². The first-order valence-corrected chi connectivity index (χ1v) is 7.08. The van der Waals surface area contributed by atoms with Crippen molar-refractivity contribution < 1.29 is 0 Å². The van der Waals surface area contributed by atoms with Crippen LogP contribution < -0.4 is 0 Å². The molecule has 3 rings (SSSR count). The molecule has 2 aliphatic heterocycles. The normalized spacial score (nSPS) is 25.8. The van der Waals surface area contributed by atoms with E-state index in [2.05, 4.69) is 27.7 Å². The fourth-order valence-corrected chi connectivity index (χ4v) is 3.28. The van der Waals surface area contributed by atoms with Gasteiger partial charge in [-0.15, -0.1) is 0 Å². The van der Waals surface area contributed by atoms with Crippen molar-refractivity contribution >= 4 is 0 Å². The highest BCUT2D eigenvalue weighted by atomic mass is 15.2. The fraction of sp³-hybridized carbons (Fsp3) is 0.786. The number of aryl methyl sites for hydroxylation is 1. The summed E-state index contributed by atoms with van der Waals surface area (Å²) in [6.45, 7) is 2.46. The number of likely N-dealkylation sites (N-methyl/N-ethyl adjacent to an activating group) is 1. The molecule has 1 aromatic rings. The molecule has 1 atom stereocenters.